The van der Waals surface area contributed by atoms with Gasteiger partial charge in [0.05, 0.1) is 11.3 Å². The van der Waals surface area contributed by atoms with Crippen molar-refractivity contribution in [3.8, 4) is 17.3 Å². The van der Waals surface area contributed by atoms with Crippen LogP contribution in [0.1, 0.15) is 36.1 Å². The van der Waals surface area contributed by atoms with Crippen molar-refractivity contribution < 1.29 is 13.6 Å². The summed E-state index contributed by atoms with van der Waals surface area (Å²) in [5.41, 5.74) is 3.65. The minimum absolute atomic E-state index is 0.127. The summed E-state index contributed by atoms with van der Waals surface area (Å²) in [5, 5.41) is 12.7. The number of anilines is 1. The molecule has 1 aliphatic rings. The quantitative estimate of drug-likeness (QED) is 0.422. The Kier molecular flexibility index (Phi) is 6.33. The Morgan fingerprint density at radius 3 is 2.65 bits per heavy atom. The van der Waals surface area contributed by atoms with Crippen LogP contribution in [0.3, 0.4) is 0 Å². The van der Waals surface area contributed by atoms with Crippen molar-refractivity contribution in [1.82, 2.24) is 9.97 Å². The van der Waals surface area contributed by atoms with Crippen molar-refractivity contribution >= 4 is 23.4 Å². The molecule has 0 atom stereocenters. The summed E-state index contributed by atoms with van der Waals surface area (Å²) in [6, 6.07) is 9.45. The van der Waals surface area contributed by atoms with E-state index in [1.54, 1.807) is 0 Å². The maximum absolute atomic E-state index is 13.8. The molecular formula is C23H20F2N4OS. The molecule has 0 saturated carbocycles. The fourth-order valence-corrected chi connectivity index (χ4v) is 4.62. The normalized spacial score (nSPS) is 13.2. The minimum atomic E-state index is -0.840. The highest BCUT2D eigenvalue weighted by Gasteiger charge is 2.23. The number of nitrogens with zero attached hydrogens (tertiary/aromatic N) is 2. The Balaban J connectivity index is 1.64. The first-order chi connectivity index (χ1) is 15.1. The average Bonchev–Trinajstić information content (AvgIpc) is 3.19. The topological polar surface area (TPSA) is 81.6 Å². The second-order valence-corrected chi connectivity index (χ2v) is 8.25. The van der Waals surface area contributed by atoms with Crippen molar-refractivity contribution in [3.05, 3.63) is 65.0 Å². The molecule has 1 aliphatic carbocycles. The number of amides is 1. The van der Waals surface area contributed by atoms with Crippen LogP contribution in [0.5, 0.6) is 0 Å². The molecule has 0 unspecified atom stereocenters. The van der Waals surface area contributed by atoms with E-state index in [0.29, 0.717) is 10.6 Å². The highest BCUT2D eigenvalue weighted by atomic mass is 32.2. The molecule has 2 N–H and O–H groups in total. The van der Waals surface area contributed by atoms with E-state index >= 15 is 0 Å². The summed E-state index contributed by atoms with van der Waals surface area (Å²) in [6.45, 7) is 0. The zero-order valence-electron chi connectivity index (χ0n) is 16.7. The van der Waals surface area contributed by atoms with Crippen molar-refractivity contribution in [2.45, 2.75) is 37.1 Å². The second-order valence-electron chi connectivity index (χ2n) is 7.28. The Morgan fingerprint density at radius 2 is 1.94 bits per heavy atom. The number of hydrogen-bond donors (Lipinski definition) is 2. The molecule has 0 aliphatic heterocycles. The lowest BCUT2D eigenvalue weighted by Crippen LogP contribution is -2.16. The van der Waals surface area contributed by atoms with Gasteiger partial charge in [0.2, 0.25) is 5.91 Å². The van der Waals surface area contributed by atoms with Crippen molar-refractivity contribution in [2.24, 2.45) is 0 Å². The predicted molar refractivity (Wildman–Crippen MR) is 116 cm³/mol. The number of thioether (sulfide) groups is 1. The van der Waals surface area contributed by atoms with Gasteiger partial charge in [-0.05, 0) is 55.5 Å². The molecule has 2 aromatic heterocycles. The van der Waals surface area contributed by atoms with Gasteiger partial charge >= 0.3 is 0 Å². The number of aryl methyl sites for hydroxylation is 1. The minimum Gasteiger partial charge on any atom is -0.361 e. The summed E-state index contributed by atoms with van der Waals surface area (Å²) < 4.78 is 27.6. The van der Waals surface area contributed by atoms with Crippen LogP contribution in [0.25, 0.3) is 11.3 Å². The number of aromatic nitrogens is 2. The van der Waals surface area contributed by atoms with Crippen molar-refractivity contribution in [1.29, 1.82) is 5.26 Å². The standard InChI is InChI=1S/C23H20F2N4OS/c24-16-7-4-8-17(25)22(16)29-20(30)13-31-23-15(12-26)21(19-10-5-11-27-19)14-6-2-1-3-9-18(14)28-23/h4-5,7-8,10-11,27H,1-3,6,9,13H2,(H,29,30). The Hall–Kier alpha value is -3.18. The molecule has 31 heavy (non-hydrogen) atoms. The van der Waals surface area contributed by atoms with Crippen LogP contribution < -0.4 is 5.32 Å². The lowest BCUT2D eigenvalue weighted by atomic mass is 9.96. The molecule has 4 rings (SSSR count). The SMILES string of the molecule is N#Cc1c(SCC(=O)Nc2c(F)cccc2F)nc2c(c1-c1ccc[nH]1)CCCCC2. The number of carbonyl (C=O) groups is 1. The summed E-state index contributed by atoms with van der Waals surface area (Å²) in [5.74, 6) is -2.38. The second kappa shape index (κ2) is 9.31. The molecule has 0 bridgehead atoms. The Labute approximate surface area is 182 Å². The zero-order chi connectivity index (χ0) is 21.8. The summed E-state index contributed by atoms with van der Waals surface area (Å²) in [4.78, 5) is 20.3. The number of benzene rings is 1. The molecule has 0 spiro atoms. The fraction of sp³-hybridized carbons (Fsp3) is 0.261. The van der Waals surface area contributed by atoms with Gasteiger partial charge in [0.25, 0.3) is 0 Å². The van der Waals surface area contributed by atoms with Crippen LogP contribution in [0.4, 0.5) is 14.5 Å². The molecular weight excluding hydrogens is 418 g/mol. The number of nitrogens with one attached hydrogen (secondary N) is 2. The van der Waals surface area contributed by atoms with E-state index in [9.17, 15) is 18.8 Å². The monoisotopic (exact) mass is 438 g/mol. The molecule has 1 amide bonds. The van der Waals surface area contributed by atoms with Gasteiger partial charge in [0, 0.05) is 23.1 Å². The number of H-pyrrole nitrogens is 1. The van der Waals surface area contributed by atoms with E-state index in [-0.39, 0.29) is 5.75 Å². The van der Waals surface area contributed by atoms with Crippen LogP contribution in [-0.2, 0) is 17.6 Å². The molecule has 5 nitrogen and oxygen atoms in total. The summed E-state index contributed by atoms with van der Waals surface area (Å²) >= 11 is 1.10. The number of hydrogen-bond acceptors (Lipinski definition) is 4. The summed E-state index contributed by atoms with van der Waals surface area (Å²) in [7, 11) is 0. The first kappa shape index (κ1) is 21.1. The van der Waals surface area contributed by atoms with Gasteiger partial charge in [0.1, 0.15) is 28.4 Å². The largest absolute Gasteiger partial charge is 0.361 e. The number of nitriles is 1. The first-order valence-corrected chi connectivity index (χ1v) is 11.0. The van der Waals surface area contributed by atoms with Crippen LogP contribution in [0, 0.1) is 23.0 Å². The van der Waals surface area contributed by atoms with Crippen LogP contribution in [0.15, 0.2) is 41.6 Å². The molecule has 1 aromatic carbocycles. The van der Waals surface area contributed by atoms with Gasteiger partial charge in [-0.15, -0.1) is 0 Å². The number of aromatic amines is 1. The van der Waals surface area contributed by atoms with Crippen molar-refractivity contribution in [3.63, 3.8) is 0 Å². The van der Waals surface area contributed by atoms with Gasteiger partial charge in [-0.25, -0.2) is 13.8 Å². The van der Waals surface area contributed by atoms with Crippen LogP contribution in [-0.4, -0.2) is 21.6 Å². The van der Waals surface area contributed by atoms with Crippen LogP contribution >= 0.6 is 11.8 Å². The highest BCUT2D eigenvalue weighted by Crippen LogP contribution is 2.36. The highest BCUT2D eigenvalue weighted by molar-refractivity contribution is 8.00. The number of halogens is 2. The van der Waals surface area contributed by atoms with E-state index in [1.165, 1.54) is 6.07 Å². The lowest BCUT2D eigenvalue weighted by molar-refractivity contribution is -0.113. The third-order valence-corrected chi connectivity index (χ3v) is 6.21. The lowest BCUT2D eigenvalue weighted by Gasteiger charge is -2.16. The van der Waals surface area contributed by atoms with E-state index in [4.69, 9.17) is 4.98 Å². The fourth-order valence-electron chi connectivity index (χ4n) is 3.81. The van der Waals surface area contributed by atoms with E-state index in [2.05, 4.69) is 16.4 Å². The van der Waals surface area contributed by atoms with Gasteiger partial charge < -0.3 is 10.3 Å². The first-order valence-electron chi connectivity index (χ1n) is 10.0. The van der Waals surface area contributed by atoms with Gasteiger partial charge in [0.15, 0.2) is 0 Å². The van der Waals surface area contributed by atoms with E-state index in [0.717, 1.165) is 78.5 Å². The number of pyridine rings is 1. The third kappa shape index (κ3) is 4.47. The molecule has 3 aromatic rings. The maximum atomic E-state index is 13.8. The Bertz CT molecular complexity index is 1140. The molecule has 2 heterocycles. The van der Waals surface area contributed by atoms with Crippen molar-refractivity contribution in [2.75, 3.05) is 11.1 Å². The number of fused-ring (bicyclic) bond motifs is 1. The van der Waals surface area contributed by atoms with Gasteiger partial charge in [-0.2, -0.15) is 5.26 Å². The molecule has 8 heteroatoms. The average molecular weight is 439 g/mol. The van der Waals surface area contributed by atoms with Crippen LogP contribution in [0.2, 0.25) is 0 Å². The number of para-hydroxylation sites is 1. The zero-order valence-corrected chi connectivity index (χ0v) is 17.5. The maximum Gasteiger partial charge on any atom is 0.234 e. The molecule has 0 saturated heterocycles. The van der Waals surface area contributed by atoms with E-state index in [1.807, 2.05) is 18.3 Å². The predicted octanol–water partition coefficient (Wildman–Crippen LogP) is 5.23. The van der Waals surface area contributed by atoms with Gasteiger partial charge in [-0.3, -0.25) is 4.79 Å². The van der Waals surface area contributed by atoms with E-state index < -0.39 is 23.2 Å². The Morgan fingerprint density at radius 1 is 1.16 bits per heavy atom. The molecule has 0 fully saturated rings. The summed E-state index contributed by atoms with van der Waals surface area (Å²) in [6.07, 6.45) is 6.63. The number of carbonyl (C=O) groups excluding carboxylic acids is 1. The number of rotatable bonds is 5. The molecule has 0 radical (unpaired) electrons. The van der Waals surface area contributed by atoms with Gasteiger partial charge in [-0.1, -0.05) is 24.2 Å². The smallest absolute Gasteiger partial charge is 0.234 e. The third-order valence-electron chi connectivity index (χ3n) is 5.24. The molecule has 158 valence electrons.